The molecule has 2 aliphatic carbocycles. The Morgan fingerprint density at radius 2 is 1.84 bits per heavy atom. The minimum absolute atomic E-state index is 0.0304. The van der Waals surface area contributed by atoms with Crippen LogP contribution >= 0.6 is 0 Å². The van der Waals surface area contributed by atoms with E-state index in [2.05, 4.69) is 34.5 Å². The molecule has 4 nitrogen and oxygen atoms in total. The molecule has 0 spiro atoms. The van der Waals surface area contributed by atoms with Crippen LogP contribution in [0, 0.1) is 11.8 Å². The largest absolute Gasteiger partial charge is 0.360 e. The molecule has 2 aliphatic rings. The molecule has 0 aliphatic heterocycles. The summed E-state index contributed by atoms with van der Waals surface area (Å²) >= 11 is 0. The van der Waals surface area contributed by atoms with Crippen LogP contribution in [0.4, 0.5) is 0 Å². The zero-order valence-electron chi connectivity index (χ0n) is 19.7. The average Bonchev–Trinajstić information content (AvgIpc) is 3.17. The molecule has 4 N–H and O–H groups in total. The van der Waals surface area contributed by atoms with Gasteiger partial charge < -0.3 is 16.0 Å². The quantitative estimate of drug-likeness (QED) is 0.542. The second-order valence-corrected chi connectivity index (χ2v) is 10.8. The van der Waals surface area contributed by atoms with Gasteiger partial charge in [-0.25, -0.2) is 0 Å². The highest BCUT2D eigenvalue weighted by molar-refractivity contribution is 5.78. The van der Waals surface area contributed by atoms with Crippen molar-refractivity contribution in [1.82, 2.24) is 15.3 Å². The lowest BCUT2D eigenvalue weighted by molar-refractivity contribution is 0.181. The number of aromatic nitrogens is 2. The van der Waals surface area contributed by atoms with Crippen LogP contribution in [0.15, 0.2) is 24.5 Å². The number of pyridine rings is 1. The van der Waals surface area contributed by atoms with Crippen molar-refractivity contribution in [2.75, 3.05) is 6.54 Å². The highest BCUT2D eigenvalue weighted by atomic mass is 14.9. The summed E-state index contributed by atoms with van der Waals surface area (Å²) in [5.74, 6) is 1.65. The molecule has 0 aromatic carbocycles. The van der Waals surface area contributed by atoms with Gasteiger partial charge in [-0.2, -0.15) is 0 Å². The average molecular weight is 425 g/mol. The molecule has 4 heteroatoms. The van der Waals surface area contributed by atoms with Crippen LogP contribution in [0.3, 0.4) is 0 Å². The molecule has 172 valence electrons. The summed E-state index contributed by atoms with van der Waals surface area (Å²) in [7, 11) is 0. The van der Waals surface area contributed by atoms with E-state index in [0.717, 1.165) is 35.8 Å². The highest BCUT2D eigenvalue weighted by Gasteiger charge is 2.31. The number of H-pyrrole nitrogens is 1. The van der Waals surface area contributed by atoms with Gasteiger partial charge in [0.15, 0.2) is 0 Å². The molecule has 2 fully saturated rings. The monoisotopic (exact) mass is 424 g/mol. The first-order chi connectivity index (χ1) is 15.1. The Labute approximate surface area is 189 Å². The van der Waals surface area contributed by atoms with Gasteiger partial charge in [0.25, 0.3) is 0 Å². The van der Waals surface area contributed by atoms with E-state index in [0.29, 0.717) is 6.04 Å². The van der Waals surface area contributed by atoms with E-state index in [9.17, 15) is 0 Å². The molecule has 4 rings (SSSR count). The summed E-state index contributed by atoms with van der Waals surface area (Å²) in [5, 5.41) is 3.95. The van der Waals surface area contributed by atoms with Gasteiger partial charge in [-0.1, -0.05) is 57.8 Å². The molecular weight excluding hydrogens is 380 g/mol. The SMILES string of the molecule is CC1(N)CCCCCCC(C2CCCCCC(NCCc3c[nH]c4cccnc34)C2)C1. The Morgan fingerprint density at radius 1 is 1.06 bits per heavy atom. The standard InChI is InChI=1S/C27H44N4/c1-27(28)15-8-3-2-5-11-22(19-27)21-10-6-4-7-12-24(18-21)29-17-14-23-20-31-25-13-9-16-30-26(23)25/h9,13,16,20-22,24,29,31H,2-8,10-12,14-15,17-19,28H2,1H3. The van der Waals surface area contributed by atoms with Gasteiger partial charge in [0.05, 0.1) is 11.0 Å². The molecule has 2 saturated carbocycles. The first kappa shape index (κ1) is 22.8. The molecule has 31 heavy (non-hydrogen) atoms. The minimum atomic E-state index is 0.0304. The fourth-order valence-corrected chi connectivity index (χ4v) is 6.30. The first-order valence-corrected chi connectivity index (χ1v) is 13.0. The smallest absolute Gasteiger partial charge is 0.0911 e. The van der Waals surface area contributed by atoms with Gasteiger partial charge >= 0.3 is 0 Å². The lowest BCUT2D eigenvalue weighted by Crippen LogP contribution is -2.41. The minimum Gasteiger partial charge on any atom is -0.360 e. The van der Waals surface area contributed by atoms with Crippen molar-refractivity contribution < 1.29 is 0 Å². The molecule has 2 aromatic heterocycles. The van der Waals surface area contributed by atoms with Crippen LogP contribution in [0.1, 0.15) is 96.0 Å². The Balaban J connectivity index is 1.36. The second-order valence-electron chi connectivity index (χ2n) is 10.8. The third kappa shape index (κ3) is 6.55. The van der Waals surface area contributed by atoms with E-state index in [1.807, 2.05) is 12.3 Å². The van der Waals surface area contributed by atoms with Gasteiger partial charge in [-0.15, -0.1) is 0 Å². The lowest BCUT2D eigenvalue weighted by atomic mass is 9.73. The summed E-state index contributed by atoms with van der Waals surface area (Å²) in [6.45, 7) is 3.36. The van der Waals surface area contributed by atoms with E-state index in [1.165, 1.54) is 89.0 Å². The van der Waals surface area contributed by atoms with Crippen molar-refractivity contribution in [3.05, 3.63) is 30.1 Å². The normalized spacial score (nSPS) is 31.4. The zero-order chi connectivity index (χ0) is 21.5. The zero-order valence-corrected chi connectivity index (χ0v) is 19.7. The van der Waals surface area contributed by atoms with Crippen LogP contribution in [0.5, 0.6) is 0 Å². The predicted molar refractivity (Wildman–Crippen MR) is 131 cm³/mol. The number of hydrogen-bond acceptors (Lipinski definition) is 3. The topological polar surface area (TPSA) is 66.7 Å². The van der Waals surface area contributed by atoms with E-state index >= 15 is 0 Å². The van der Waals surface area contributed by atoms with Crippen molar-refractivity contribution in [3.8, 4) is 0 Å². The van der Waals surface area contributed by atoms with Gasteiger partial charge in [-0.05, 0) is 75.1 Å². The number of nitrogens with two attached hydrogens (primary N) is 1. The summed E-state index contributed by atoms with van der Waals surface area (Å²) in [4.78, 5) is 7.94. The number of rotatable bonds is 5. The van der Waals surface area contributed by atoms with Crippen molar-refractivity contribution in [3.63, 3.8) is 0 Å². The number of nitrogens with one attached hydrogen (secondary N) is 2. The maximum absolute atomic E-state index is 6.77. The Hall–Kier alpha value is -1.39. The summed E-state index contributed by atoms with van der Waals surface area (Å²) < 4.78 is 0. The van der Waals surface area contributed by atoms with Gasteiger partial charge in [-0.3, -0.25) is 4.98 Å². The molecule has 4 unspecified atom stereocenters. The van der Waals surface area contributed by atoms with Crippen molar-refractivity contribution in [1.29, 1.82) is 0 Å². The van der Waals surface area contributed by atoms with Crippen LogP contribution in [-0.4, -0.2) is 28.1 Å². The van der Waals surface area contributed by atoms with Crippen LogP contribution < -0.4 is 11.1 Å². The number of fused-ring (bicyclic) bond motifs is 1. The highest BCUT2D eigenvalue weighted by Crippen LogP contribution is 2.38. The third-order valence-corrected chi connectivity index (χ3v) is 8.02. The van der Waals surface area contributed by atoms with Crippen LogP contribution in [0.25, 0.3) is 11.0 Å². The Bertz CT molecular complexity index is 795. The molecule has 0 bridgehead atoms. The lowest BCUT2D eigenvalue weighted by Gasteiger charge is -2.37. The van der Waals surface area contributed by atoms with E-state index in [1.54, 1.807) is 0 Å². The fraction of sp³-hybridized carbons (Fsp3) is 0.741. The van der Waals surface area contributed by atoms with Crippen LogP contribution in [-0.2, 0) is 6.42 Å². The van der Waals surface area contributed by atoms with Crippen molar-refractivity contribution >= 4 is 11.0 Å². The molecule has 0 radical (unpaired) electrons. The fourth-order valence-electron chi connectivity index (χ4n) is 6.30. The third-order valence-electron chi connectivity index (χ3n) is 8.02. The number of hydrogen-bond donors (Lipinski definition) is 3. The number of nitrogens with zero attached hydrogens (tertiary/aromatic N) is 1. The van der Waals surface area contributed by atoms with Gasteiger partial charge in [0, 0.05) is 24.0 Å². The van der Waals surface area contributed by atoms with Gasteiger partial charge in [0.1, 0.15) is 0 Å². The van der Waals surface area contributed by atoms with E-state index in [-0.39, 0.29) is 5.54 Å². The Morgan fingerprint density at radius 3 is 2.74 bits per heavy atom. The molecular formula is C27H44N4. The molecule has 2 aromatic rings. The second kappa shape index (κ2) is 11.0. The summed E-state index contributed by atoms with van der Waals surface area (Å²) in [6.07, 6.45) is 22.7. The van der Waals surface area contributed by atoms with Gasteiger partial charge in [0.2, 0.25) is 0 Å². The molecule has 4 atom stereocenters. The maximum Gasteiger partial charge on any atom is 0.0911 e. The maximum atomic E-state index is 6.77. The first-order valence-electron chi connectivity index (χ1n) is 13.0. The summed E-state index contributed by atoms with van der Waals surface area (Å²) in [5.41, 5.74) is 10.4. The van der Waals surface area contributed by atoms with E-state index < -0.39 is 0 Å². The van der Waals surface area contributed by atoms with E-state index in [4.69, 9.17) is 5.73 Å². The Kier molecular flexibility index (Phi) is 8.06. The molecule has 0 saturated heterocycles. The summed E-state index contributed by atoms with van der Waals surface area (Å²) in [6, 6.07) is 4.76. The number of aromatic amines is 1. The molecule has 0 amide bonds. The molecule has 2 heterocycles. The van der Waals surface area contributed by atoms with Crippen molar-refractivity contribution in [2.45, 2.75) is 108 Å². The predicted octanol–water partition coefficient (Wildman–Crippen LogP) is 6.11. The van der Waals surface area contributed by atoms with Crippen molar-refractivity contribution in [2.24, 2.45) is 17.6 Å². The van der Waals surface area contributed by atoms with Crippen LogP contribution in [0.2, 0.25) is 0 Å².